The van der Waals surface area contributed by atoms with Crippen molar-refractivity contribution in [1.82, 2.24) is 4.72 Å². The van der Waals surface area contributed by atoms with Crippen molar-refractivity contribution in [2.45, 2.75) is 17.4 Å². The highest BCUT2D eigenvalue weighted by Crippen LogP contribution is 2.19. The summed E-state index contributed by atoms with van der Waals surface area (Å²) in [4.78, 5) is 0.159. The lowest BCUT2D eigenvalue weighted by atomic mass is 10.1. The molecule has 0 saturated carbocycles. The van der Waals surface area contributed by atoms with Crippen LogP contribution in [0.1, 0.15) is 18.1 Å². The van der Waals surface area contributed by atoms with Gasteiger partial charge in [-0.25, -0.2) is 13.1 Å². The van der Waals surface area contributed by atoms with Crippen LogP contribution in [0.25, 0.3) is 0 Å². The number of sulfonamides is 1. The van der Waals surface area contributed by atoms with E-state index in [-0.39, 0.29) is 11.4 Å². The minimum atomic E-state index is -3.56. The van der Waals surface area contributed by atoms with E-state index in [0.29, 0.717) is 11.4 Å². The number of nitrogens with one attached hydrogen (secondary N) is 1. The zero-order chi connectivity index (χ0) is 14.6. The van der Waals surface area contributed by atoms with E-state index in [2.05, 4.69) is 4.72 Å². The fourth-order valence-corrected chi connectivity index (χ4v) is 3.54. The normalized spacial score (nSPS) is 13.3. The molecule has 1 atom stereocenters. The van der Waals surface area contributed by atoms with Crippen LogP contribution in [0.15, 0.2) is 46.0 Å². The molecule has 20 heavy (non-hydrogen) atoms. The maximum absolute atomic E-state index is 12.0. The van der Waals surface area contributed by atoms with E-state index in [0.717, 1.165) is 5.56 Å². The van der Waals surface area contributed by atoms with Crippen molar-refractivity contribution >= 4 is 33.0 Å². The van der Waals surface area contributed by atoms with Gasteiger partial charge in [-0.2, -0.15) is 11.3 Å². The second-order valence-electron chi connectivity index (χ2n) is 4.21. The Bertz CT molecular complexity index is 639. The van der Waals surface area contributed by atoms with Crippen molar-refractivity contribution in [3.05, 3.63) is 51.7 Å². The summed E-state index contributed by atoms with van der Waals surface area (Å²) in [6.45, 7) is 0.169. The first-order chi connectivity index (χ1) is 9.49. The molecule has 108 valence electrons. The molecule has 1 aromatic carbocycles. The zero-order valence-electron chi connectivity index (χ0n) is 10.5. The summed E-state index contributed by atoms with van der Waals surface area (Å²) >= 11 is 7.21. The Hall–Kier alpha value is -0.920. The fraction of sp³-hybridized carbons (Fsp3) is 0.231. The summed E-state index contributed by atoms with van der Waals surface area (Å²) in [7, 11) is -3.56. The third kappa shape index (κ3) is 4.04. The lowest BCUT2D eigenvalue weighted by molar-refractivity contribution is 0.169. The van der Waals surface area contributed by atoms with E-state index < -0.39 is 16.1 Å². The van der Waals surface area contributed by atoms with Crippen LogP contribution in [-0.2, 0) is 10.0 Å². The highest BCUT2D eigenvalue weighted by molar-refractivity contribution is 7.89. The third-order valence-corrected chi connectivity index (χ3v) is 5.19. The van der Waals surface area contributed by atoms with Crippen LogP contribution in [0, 0.1) is 0 Å². The standard InChI is InChI=1S/C13H14ClNO3S2/c14-11-1-3-12(4-2-11)20(17,18)15-7-5-13(16)10-6-8-19-9-10/h1-4,6,8-9,13,15-16H,5,7H2. The molecule has 1 aromatic heterocycles. The van der Waals surface area contributed by atoms with Crippen LogP contribution in [0.3, 0.4) is 0 Å². The SMILES string of the molecule is O=S(=O)(NCCC(O)c1ccsc1)c1ccc(Cl)cc1. The Morgan fingerprint density at radius 2 is 1.95 bits per heavy atom. The largest absolute Gasteiger partial charge is 0.388 e. The lowest BCUT2D eigenvalue weighted by Gasteiger charge is -2.10. The predicted molar refractivity (Wildman–Crippen MR) is 80.5 cm³/mol. The molecule has 4 nitrogen and oxygen atoms in total. The smallest absolute Gasteiger partial charge is 0.240 e. The van der Waals surface area contributed by atoms with E-state index >= 15 is 0 Å². The van der Waals surface area contributed by atoms with Crippen molar-refractivity contribution in [2.75, 3.05) is 6.54 Å². The summed E-state index contributed by atoms with van der Waals surface area (Å²) < 4.78 is 26.4. The number of aliphatic hydroxyl groups excluding tert-OH is 1. The van der Waals surface area contributed by atoms with E-state index in [1.54, 1.807) is 0 Å². The molecule has 0 fully saturated rings. The van der Waals surface area contributed by atoms with E-state index in [9.17, 15) is 13.5 Å². The van der Waals surface area contributed by atoms with Crippen LogP contribution < -0.4 is 4.72 Å². The van der Waals surface area contributed by atoms with Gasteiger partial charge < -0.3 is 5.11 Å². The summed E-state index contributed by atoms with van der Waals surface area (Å²) in [5, 5.41) is 14.1. The van der Waals surface area contributed by atoms with Crippen molar-refractivity contribution in [3.63, 3.8) is 0 Å². The molecular formula is C13H14ClNO3S2. The Morgan fingerprint density at radius 1 is 1.25 bits per heavy atom. The molecule has 0 saturated heterocycles. The second-order valence-corrected chi connectivity index (χ2v) is 7.20. The van der Waals surface area contributed by atoms with Gasteiger partial charge in [0.2, 0.25) is 10.0 Å². The second kappa shape index (κ2) is 6.69. The summed E-state index contributed by atoms with van der Waals surface area (Å²) in [5.41, 5.74) is 0.806. The molecule has 2 N–H and O–H groups in total. The number of hydrogen-bond donors (Lipinski definition) is 2. The number of aliphatic hydroxyl groups is 1. The van der Waals surface area contributed by atoms with Crippen molar-refractivity contribution in [2.24, 2.45) is 0 Å². The first-order valence-corrected chi connectivity index (χ1v) is 8.75. The van der Waals surface area contributed by atoms with E-state index in [4.69, 9.17) is 11.6 Å². The zero-order valence-corrected chi connectivity index (χ0v) is 12.9. The van der Waals surface area contributed by atoms with Crippen molar-refractivity contribution < 1.29 is 13.5 Å². The maximum atomic E-state index is 12.0. The van der Waals surface area contributed by atoms with Crippen LogP contribution in [-0.4, -0.2) is 20.1 Å². The van der Waals surface area contributed by atoms with Crippen LogP contribution in [0.4, 0.5) is 0 Å². The number of benzene rings is 1. The molecule has 0 aliphatic rings. The number of rotatable bonds is 6. The van der Waals surface area contributed by atoms with Gasteiger partial charge in [0.25, 0.3) is 0 Å². The minimum absolute atomic E-state index is 0.159. The number of halogens is 1. The molecule has 0 bridgehead atoms. The summed E-state index contributed by atoms with van der Waals surface area (Å²) in [5.74, 6) is 0. The molecule has 0 aliphatic carbocycles. The number of thiophene rings is 1. The van der Waals surface area contributed by atoms with Crippen molar-refractivity contribution in [3.8, 4) is 0 Å². The molecule has 0 radical (unpaired) electrons. The fourth-order valence-electron chi connectivity index (χ4n) is 1.66. The van der Waals surface area contributed by atoms with Gasteiger partial charge in [0.1, 0.15) is 0 Å². The molecular weight excluding hydrogens is 318 g/mol. The monoisotopic (exact) mass is 331 g/mol. The van der Waals surface area contributed by atoms with Crippen LogP contribution in [0.5, 0.6) is 0 Å². The van der Waals surface area contributed by atoms with Gasteiger partial charge in [-0.3, -0.25) is 0 Å². The van der Waals surface area contributed by atoms with Gasteiger partial charge in [0, 0.05) is 11.6 Å². The Labute approximate surface area is 127 Å². The lowest BCUT2D eigenvalue weighted by Crippen LogP contribution is -2.25. The quantitative estimate of drug-likeness (QED) is 0.855. The Kier molecular flexibility index (Phi) is 5.17. The van der Waals surface area contributed by atoms with Gasteiger partial charge >= 0.3 is 0 Å². The van der Waals surface area contributed by atoms with Gasteiger partial charge in [-0.05, 0) is 53.1 Å². The molecule has 0 amide bonds. The number of hydrogen-bond acceptors (Lipinski definition) is 4. The highest BCUT2D eigenvalue weighted by Gasteiger charge is 2.14. The molecule has 1 unspecified atom stereocenters. The van der Waals surface area contributed by atoms with Gasteiger partial charge in [-0.1, -0.05) is 11.6 Å². The summed E-state index contributed by atoms with van der Waals surface area (Å²) in [6.07, 6.45) is -0.335. The van der Waals surface area contributed by atoms with Gasteiger partial charge in [-0.15, -0.1) is 0 Å². The highest BCUT2D eigenvalue weighted by atomic mass is 35.5. The first-order valence-electron chi connectivity index (χ1n) is 5.94. The molecule has 0 aliphatic heterocycles. The summed E-state index contributed by atoms with van der Waals surface area (Å²) in [6, 6.07) is 7.76. The third-order valence-electron chi connectivity index (χ3n) is 2.76. The molecule has 0 spiro atoms. The predicted octanol–water partition coefficient (Wildman–Crippen LogP) is 2.80. The Balaban J connectivity index is 1.91. The van der Waals surface area contributed by atoms with Gasteiger partial charge in [0.15, 0.2) is 0 Å². The Morgan fingerprint density at radius 3 is 2.55 bits per heavy atom. The minimum Gasteiger partial charge on any atom is -0.388 e. The molecule has 2 aromatic rings. The first kappa shape index (κ1) is 15.5. The topological polar surface area (TPSA) is 66.4 Å². The van der Waals surface area contributed by atoms with Crippen LogP contribution >= 0.6 is 22.9 Å². The van der Waals surface area contributed by atoms with E-state index in [1.165, 1.54) is 35.6 Å². The van der Waals surface area contributed by atoms with Crippen molar-refractivity contribution in [1.29, 1.82) is 0 Å². The molecule has 2 rings (SSSR count). The average molecular weight is 332 g/mol. The molecule has 1 heterocycles. The van der Waals surface area contributed by atoms with Crippen LogP contribution in [0.2, 0.25) is 5.02 Å². The average Bonchev–Trinajstić information content (AvgIpc) is 2.93. The molecule has 7 heteroatoms. The maximum Gasteiger partial charge on any atom is 0.240 e. The van der Waals surface area contributed by atoms with E-state index in [1.807, 2.05) is 16.8 Å². The van der Waals surface area contributed by atoms with Gasteiger partial charge in [0.05, 0.1) is 11.0 Å².